The number of hydrogen-bond donors (Lipinski definition) is 1. The van der Waals surface area contributed by atoms with E-state index in [1.165, 1.54) is 17.7 Å². The smallest absolute Gasteiger partial charge is 0.236 e. The van der Waals surface area contributed by atoms with E-state index in [-0.39, 0.29) is 35.9 Å². The molecule has 1 rings (SSSR count). The molecule has 0 bridgehead atoms. The Bertz CT molecular complexity index is 382. The Balaban J connectivity index is 0.00000324. The van der Waals surface area contributed by atoms with Gasteiger partial charge in [0.2, 0.25) is 5.91 Å². The lowest BCUT2D eigenvalue weighted by Gasteiger charge is -2.24. The first-order chi connectivity index (χ1) is 8.35. The van der Waals surface area contributed by atoms with Crippen molar-refractivity contribution < 1.29 is 13.2 Å². The molecule has 0 aliphatic heterocycles. The van der Waals surface area contributed by atoms with Crippen molar-refractivity contribution in [3.63, 3.8) is 0 Å². The van der Waals surface area contributed by atoms with Gasteiger partial charge >= 0.3 is 0 Å². The molecule has 1 fully saturated rings. The van der Waals surface area contributed by atoms with Crippen molar-refractivity contribution in [2.45, 2.75) is 32.7 Å². The predicted molar refractivity (Wildman–Crippen MR) is 79.4 cm³/mol. The van der Waals surface area contributed by atoms with Crippen LogP contribution in [0.2, 0.25) is 0 Å². The Labute approximate surface area is 122 Å². The van der Waals surface area contributed by atoms with Gasteiger partial charge in [-0.25, -0.2) is 8.42 Å². The van der Waals surface area contributed by atoms with E-state index in [0.717, 1.165) is 12.5 Å². The Hall–Kier alpha value is -0.330. The van der Waals surface area contributed by atoms with Gasteiger partial charge in [-0.2, -0.15) is 0 Å². The molecule has 0 aromatic rings. The van der Waals surface area contributed by atoms with Crippen LogP contribution in [0.4, 0.5) is 0 Å². The summed E-state index contributed by atoms with van der Waals surface area (Å²) >= 11 is 0. The lowest BCUT2D eigenvalue weighted by molar-refractivity contribution is -0.130. The molecule has 0 aromatic heterocycles. The second kappa shape index (κ2) is 8.07. The maximum absolute atomic E-state index is 11.8. The summed E-state index contributed by atoms with van der Waals surface area (Å²) in [5, 5.41) is 3.12. The number of likely N-dealkylation sites (N-methyl/N-ethyl adjacent to an activating group) is 1. The zero-order chi connectivity index (χ0) is 13.8. The Morgan fingerprint density at radius 2 is 2.00 bits per heavy atom. The maximum atomic E-state index is 11.8. The fourth-order valence-electron chi connectivity index (χ4n) is 1.67. The van der Waals surface area contributed by atoms with Crippen LogP contribution < -0.4 is 5.32 Å². The van der Waals surface area contributed by atoms with E-state index in [1.54, 1.807) is 20.9 Å². The zero-order valence-electron chi connectivity index (χ0n) is 11.9. The number of amides is 1. The third kappa shape index (κ3) is 7.13. The molecular weight excluding hydrogens is 288 g/mol. The molecular formula is C12H25ClN2O3S. The normalized spacial score (nSPS) is 16.6. The van der Waals surface area contributed by atoms with Gasteiger partial charge in [-0.1, -0.05) is 6.92 Å². The van der Waals surface area contributed by atoms with Crippen molar-refractivity contribution in [3.05, 3.63) is 0 Å². The van der Waals surface area contributed by atoms with Gasteiger partial charge in [0.1, 0.15) is 0 Å². The number of carbonyl (C=O) groups is 1. The van der Waals surface area contributed by atoms with Gasteiger partial charge in [-0.3, -0.25) is 4.79 Å². The fourth-order valence-corrected chi connectivity index (χ4v) is 2.87. The number of sulfone groups is 1. The number of halogens is 1. The van der Waals surface area contributed by atoms with Crippen molar-refractivity contribution >= 4 is 28.2 Å². The molecule has 1 aliphatic carbocycles. The zero-order valence-corrected chi connectivity index (χ0v) is 13.5. The van der Waals surface area contributed by atoms with Crippen LogP contribution >= 0.6 is 12.4 Å². The highest BCUT2D eigenvalue weighted by atomic mass is 35.5. The molecule has 1 atom stereocenters. The molecule has 0 radical (unpaired) electrons. The van der Waals surface area contributed by atoms with E-state index in [9.17, 15) is 13.2 Å². The average Bonchev–Trinajstić information content (AvgIpc) is 3.11. The van der Waals surface area contributed by atoms with Gasteiger partial charge in [-0.05, 0) is 32.2 Å². The lowest BCUT2D eigenvalue weighted by Crippen LogP contribution is -2.44. The van der Waals surface area contributed by atoms with E-state index in [0.29, 0.717) is 6.54 Å². The van der Waals surface area contributed by atoms with Crippen LogP contribution in [0.15, 0.2) is 0 Å². The van der Waals surface area contributed by atoms with Crippen molar-refractivity contribution in [2.24, 2.45) is 5.92 Å². The van der Waals surface area contributed by atoms with E-state index >= 15 is 0 Å². The number of hydrogen-bond acceptors (Lipinski definition) is 4. The standard InChI is InChI=1S/C12H24N2O3S.ClH/c1-4-18(16,17)9-10(2)14(3)12(15)8-13-7-11-5-6-11;/h10-11,13H,4-9H2,1-3H3;1H. The Morgan fingerprint density at radius 1 is 1.42 bits per heavy atom. The van der Waals surface area contributed by atoms with Crippen LogP contribution in [0.25, 0.3) is 0 Å². The summed E-state index contributed by atoms with van der Waals surface area (Å²) in [5.74, 6) is 0.851. The van der Waals surface area contributed by atoms with Crippen LogP contribution in [0.3, 0.4) is 0 Å². The van der Waals surface area contributed by atoms with Gasteiger partial charge in [0.15, 0.2) is 9.84 Å². The molecule has 1 amide bonds. The van der Waals surface area contributed by atoms with E-state index in [2.05, 4.69) is 5.32 Å². The maximum Gasteiger partial charge on any atom is 0.236 e. The number of rotatable bonds is 8. The molecule has 5 nitrogen and oxygen atoms in total. The molecule has 19 heavy (non-hydrogen) atoms. The average molecular weight is 313 g/mol. The van der Waals surface area contributed by atoms with Gasteiger partial charge < -0.3 is 10.2 Å². The Morgan fingerprint density at radius 3 is 2.47 bits per heavy atom. The summed E-state index contributed by atoms with van der Waals surface area (Å²) in [6, 6.07) is -0.273. The summed E-state index contributed by atoms with van der Waals surface area (Å²) in [6.45, 7) is 4.58. The van der Waals surface area contributed by atoms with Gasteiger partial charge in [0.25, 0.3) is 0 Å². The van der Waals surface area contributed by atoms with E-state index in [1.807, 2.05) is 0 Å². The summed E-state index contributed by atoms with van der Waals surface area (Å²) in [7, 11) is -1.37. The highest BCUT2D eigenvalue weighted by Gasteiger charge is 2.23. The molecule has 1 saturated carbocycles. The van der Waals surface area contributed by atoms with E-state index < -0.39 is 9.84 Å². The van der Waals surface area contributed by atoms with Crippen LogP contribution in [0.1, 0.15) is 26.7 Å². The first kappa shape index (κ1) is 18.7. The quantitative estimate of drug-likeness (QED) is 0.716. The SMILES string of the molecule is CCS(=O)(=O)CC(C)N(C)C(=O)CNCC1CC1.Cl. The number of nitrogens with zero attached hydrogens (tertiary/aromatic N) is 1. The third-order valence-corrected chi connectivity index (χ3v) is 5.27. The van der Waals surface area contributed by atoms with Crippen molar-refractivity contribution in [2.75, 3.05) is 31.6 Å². The monoisotopic (exact) mass is 312 g/mol. The lowest BCUT2D eigenvalue weighted by atomic mass is 10.3. The van der Waals surface area contributed by atoms with Crippen LogP contribution in [-0.2, 0) is 14.6 Å². The second-order valence-electron chi connectivity index (χ2n) is 5.13. The minimum absolute atomic E-state index is 0. The molecule has 0 saturated heterocycles. The molecule has 114 valence electrons. The largest absolute Gasteiger partial charge is 0.341 e. The summed E-state index contributed by atoms with van der Waals surface area (Å²) in [4.78, 5) is 13.4. The van der Waals surface area contributed by atoms with Gasteiger partial charge in [-0.15, -0.1) is 12.4 Å². The third-order valence-electron chi connectivity index (χ3n) is 3.40. The molecule has 1 N–H and O–H groups in total. The fraction of sp³-hybridized carbons (Fsp3) is 0.917. The van der Waals surface area contributed by atoms with E-state index in [4.69, 9.17) is 0 Å². The number of nitrogens with one attached hydrogen (secondary N) is 1. The summed E-state index contributed by atoms with van der Waals surface area (Å²) < 4.78 is 23.0. The predicted octanol–water partition coefficient (Wildman–Crippen LogP) is 0.689. The minimum Gasteiger partial charge on any atom is -0.341 e. The highest BCUT2D eigenvalue weighted by molar-refractivity contribution is 7.91. The molecule has 0 spiro atoms. The topological polar surface area (TPSA) is 66.5 Å². The summed E-state index contributed by atoms with van der Waals surface area (Å²) in [5.41, 5.74) is 0. The first-order valence-electron chi connectivity index (χ1n) is 6.52. The highest BCUT2D eigenvalue weighted by Crippen LogP contribution is 2.27. The summed E-state index contributed by atoms with van der Waals surface area (Å²) in [6.07, 6.45) is 2.50. The first-order valence-corrected chi connectivity index (χ1v) is 8.34. The minimum atomic E-state index is -3.04. The molecule has 0 heterocycles. The molecule has 0 aromatic carbocycles. The van der Waals surface area contributed by atoms with Crippen molar-refractivity contribution in [3.8, 4) is 0 Å². The van der Waals surface area contributed by atoms with Crippen LogP contribution in [0.5, 0.6) is 0 Å². The van der Waals surface area contributed by atoms with Crippen LogP contribution in [-0.4, -0.2) is 56.9 Å². The van der Waals surface area contributed by atoms with Crippen LogP contribution in [0, 0.1) is 5.92 Å². The van der Waals surface area contributed by atoms with Gasteiger partial charge in [0.05, 0.1) is 12.3 Å². The van der Waals surface area contributed by atoms with Crippen molar-refractivity contribution in [1.82, 2.24) is 10.2 Å². The van der Waals surface area contributed by atoms with Gasteiger partial charge in [0, 0.05) is 18.8 Å². The molecule has 7 heteroatoms. The molecule has 1 unspecified atom stereocenters. The molecule has 1 aliphatic rings. The second-order valence-corrected chi connectivity index (χ2v) is 7.52. The number of carbonyl (C=O) groups excluding carboxylic acids is 1. The van der Waals surface area contributed by atoms with Crippen molar-refractivity contribution in [1.29, 1.82) is 0 Å². The Kier molecular flexibility index (Phi) is 7.93.